The maximum atomic E-state index is 14.8. The number of thiazole rings is 1. The number of aromatic nitrogens is 3. The number of benzene rings is 1. The number of fused-ring (bicyclic) bond motifs is 1. The predicted molar refractivity (Wildman–Crippen MR) is 147 cm³/mol. The van der Waals surface area contributed by atoms with Crippen molar-refractivity contribution in [3.05, 3.63) is 65.9 Å². The summed E-state index contributed by atoms with van der Waals surface area (Å²) in [5, 5.41) is 10.1. The van der Waals surface area contributed by atoms with Crippen molar-refractivity contribution in [2.45, 2.75) is 32.7 Å². The molecule has 5 rings (SSSR count). The number of piperidine rings is 1. The Kier molecular flexibility index (Phi) is 7.59. The maximum Gasteiger partial charge on any atom is 0.253 e. The maximum absolute atomic E-state index is 14.8. The normalized spacial score (nSPS) is 14.5. The van der Waals surface area contributed by atoms with Crippen LogP contribution < -0.4 is 20.4 Å². The highest BCUT2D eigenvalue weighted by atomic mass is 32.1. The number of quaternary nitrogens is 1. The Morgan fingerprint density at radius 1 is 1.08 bits per heavy atom. The van der Waals surface area contributed by atoms with Gasteiger partial charge in [0.15, 0.2) is 21.5 Å². The summed E-state index contributed by atoms with van der Waals surface area (Å²) in [6.07, 6.45) is 3.39. The highest BCUT2D eigenvalue weighted by molar-refractivity contribution is 7.21. The number of carbonyl (C=O) groups excluding carboxylic acids is 1. The van der Waals surface area contributed by atoms with Gasteiger partial charge < -0.3 is 16.0 Å². The second-order valence-corrected chi connectivity index (χ2v) is 10.2. The number of amides is 1. The first-order valence-electron chi connectivity index (χ1n) is 12.8. The molecule has 0 atom stereocenters. The van der Waals surface area contributed by atoms with Crippen LogP contribution in [0.3, 0.4) is 0 Å². The van der Waals surface area contributed by atoms with Crippen LogP contribution >= 0.6 is 11.3 Å². The van der Waals surface area contributed by atoms with Crippen LogP contribution in [-0.2, 0) is 0 Å². The van der Waals surface area contributed by atoms with Gasteiger partial charge in [0.25, 0.3) is 5.91 Å². The number of pyridine rings is 2. The van der Waals surface area contributed by atoms with Crippen molar-refractivity contribution in [3.63, 3.8) is 0 Å². The van der Waals surface area contributed by atoms with Gasteiger partial charge in [-0.05, 0) is 64.0 Å². The molecule has 38 heavy (non-hydrogen) atoms. The molecule has 1 amide bonds. The van der Waals surface area contributed by atoms with Crippen molar-refractivity contribution in [2.75, 3.05) is 31.5 Å². The fourth-order valence-corrected chi connectivity index (χ4v) is 5.73. The average molecular weight is 539 g/mol. The lowest BCUT2D eigenvalue weighted by Crippen LogP contribution is -2.45. The van der Waals surface area contributed by atoms with E-state index in [9.17, 15) is 13.6 Å². The van der Waals surface area contributed by atoms with Gasteiger partial charge in [-0.2, -0.15) is 4.98 Å². The SMILES string of the molecule is CC[N+](CC)(c1ccc2nc(Nc3ccc(C(=O)NC4CCNCC4)cn3)sc2n1)c1ccc(F)cc1F. The van der Waals surface area contributed by atoms with Gasteiger partial charge in [-0.1, -0.05) is 11.3 Å². The van der Waals surface area contributed by atoms with Crippen molar-refractivity contribution >= 4 is 50.0 Å². The molecular weight excluding hydrogens is 508 g/mol. The van der Waals surface area contributed by atoms with E-state index >= 15 is 0 Å². The Bertz CT molecular complexity index is 1430. The molecule has 4 aromatic rings. The lowest BCUT2D eigenvalue weighted by Gasteiger charge is -2.34. The summed E-state index contributed by atoms with van der Waals surface area (Å²) < 4.78 is 28.6. The van der Waals surface area contributed by atoms with Crippen LogP contribution in [0, 0.1) is 11.6 Å². The molecule has 0 bridgehead atoms. The van der Waals surface area contributed by atoms with E-state index in [0.717, 1.165) is 32.0 Å². The van der Waals surface area contributed by atoms with Gasteiger partial charge in [-0.3, -0.25) is 4.79 Å². The van der Waals surface area contributed by atoms with E-state index in [4.69, 9.17) is 4.98 Å². The van der Waals surface area contributed by atoms with E-state index in [-0.39, 0.29) is 16.4 Å². The van der Waals surface area contributed by atoms with Crippen LogP contribution in [0.4, 0.5) is 31.2 Å². The predicted octanol–water partition coefficient (Wildman–Crippen LogP) is 5.27. The molecule has 0 saturated carbocycles. The van der Waals surface area contributed by atoms with Gasteiger partial charge >= 0.3 is 0 Å². The number of hydrogen-bond donors (Lipinski definition) is 3. The van der Waals surface area contributed by atoms with Crippen LogP contribution in [-0.4, -0.2) is 53.1 Å². The zero-order valence-electron chi connectivity index (χ0n) is 21.3. The molecule has 3 aromatic heterocycles. The number of halogens is 2. The molecule has 1 saturated heterocycles. The van der Waals surface area contributed by atoms with Crippen molar-refractivity contribution in [1.82, 2.24) is 30.1 Å². The van der Waals surface area contributed by atoms with Gasteiger partial charge in [0, 0.05) is 30.4 Å². The number of nitrogens with zero attached hydrogens (tertiary/aromatic N) is 4. The Labute approximate surface area is 223 Å². The van der Waals surface area contributed by atoms with E-state index in [1.54, 1.807) is 18.3 Å². The molecule has 1 aromatic carbocycles. The standard InChI is InChI=1S/C27H29F2N7OS/c1-3-36(4-2,22-8-6-18(28)15-20(22)29)24-10-7-21-26(35-24)38-27(33-21)34-23-9-5-17(16-31-23)25(37)32-19-11-13-30-14-12-19/h5-10,15-16,19,30H,3-4,11-14H2,1-2H3,(H-,31,32,33,34,37)/p+1. The smallest absolute Gasteiger partial charge is 0.253 e. The summed E-state index contributed by atoms with van der Waals surface area (Å²) >= 11 is 1.36. The molecule has 0 unspecified atom stereocenters. The summed E-state index contributed by atoms with van der Waals surface area (Å²) in [7, 11) is 0. The second-order valence-electron chi connectivity index (χ2n) is 9.26. The number of carbonyl (C=O) groups is 1. The van der Waals surface area contributed by atoms with Gasteiger partial charge in [-0.15, -0.1) is 0 Å². The number of hydrogen-bond acceptors (Lipinski definition) is 7. The molecule has 1 fully saturated rings. The van der Waals surface area contributed by atoms with Gasteiger partial charge in [0.05, 0.1) is 18.7 Å². The Morgan fingerprint density at radius 3 is 2.55 bits per heavy atom. The largest absolute Gasteiger partial charge is 0.349 e. The molecule has 4 heterocycles. The van der Waals surface area contributed by atoms with Crippen LogP contribution in [0.25, 0.3) is 10.3 Å². The molecule has 0 spiro atoms. The molecule has 11 heteroatoms. The van der Waals surface area contributed by atoms with Crippen LogP contribution in [0.2, 0.25) is 0 Å². The number of anilines is 2. The fourth-order valence-electron chi connectivity index (χ4n) is 4.89. The highest BCUT2D eigenvalue weighted by Gasteiger charge is 2.35. The van der Waals surface area contributed by atoms with E-state index in [0.29, 0.717) is 51.5 Å². The minimum atomic E-state index is -0.609. The second kappa shape index (κ2) is 11.1. The molecule has 1 aliphatic rings. The third-order valence-corrected chi connectivity index (χ3v) is 7.95. The molecule has 198 valence electrons. The first-order valence-corrected chi connectivity index (χ1v) is 13.6. The van der Waals surface area contributed by atoms with Gasteiger partial charge in [-0.25, -0.2) is 23.2 Å². The Morgan fingerprint density at radius 2 is 1.87 bits per heavy atom. The van der Waals surface area contributed by atoms with Crippen LogP contribution in [0.1, 0.15) is 37.0 Å². The molecule has 0 aliphatic carbocycles. The van der Waals surface area contributed by atoms with Crippen molar-refractivity contribution in [1.29, 1.82) is 0 Å². The molecule has 0 radical (unpaired) electrons. The zero-order valence-corrected chi connectivity index (χ0v) is 22.1. The zero-order chi connectivity index (χ0) is 26.7. The van der Waals surface area contributed by atoms with Crippen molar-refractivity contribution in [2.24, 2.45) is 0 Å². The monoisotopic (exact) mass is 538 g/mol. The minimum absolute atomic E-state index is 0.126. The Hall–Kier alpha value is -3.54. The average Bonchev–Trinajstić information content (AvgIpc) is 3.33. The lowest BCUT2D eigenvalue weighted by atomic mass is 10.1. The molecule has 3 N–H and O–H groups in total. The molecular formula is C27H30F2N7OS+. The number of nitrogens with one attached hydrogen (secondary N) is 3. The summed E-state index contributed by atoms with van der Waals surface area (Å²) in [6, 6.07) is 11.0. The van der Waals surface area contributed by atoms with E-state index < -0.39 is 11.6 Å². The van der Waals surface area contributed by atoms with E-state index in [2.05, 4.69) is 25.9 Å². The summed E-state index contributed by atoms with van der Waals surface area (Å²) in [5.41, 5.74) is 1.58. The van der Waals surface area contributed by atoms with E-state index in [1.807, 2.05) is 26.0 Å². The van der Waals surface area contributed by atoms with Crippen LogP contribution in [0.15, 0.2) is 48.7 Å². The quantitative estimate of drug-likeness (QED) is 0.265. The van der Waals surface area contributed by atoms with Crippen LogP contribution in [0.5, 0.6) is 0 Å². The van der Waals surface area contributed by atoms with E-state index in [1.165, 1.54) is 23.5 Å². The first-order chi connectivity index (χ1) is 18.4. The molecule has 8 nitrogen and oxygen atoms in total. The summed E-state index contributed by atoms with van der Waals surface area (Å²) in [5.74, 6) is -0.115. The fraction of sp³-hybridized carbons (Fsp3) is 0.333. The lowest BCUT2D eigenvalue weighted by molar-refractivity contribution is 0.0929. The van der Waals surface area contributed by atoms with Gasteiger partial charge in [0.1, 0.15) is 17.2 Å². The van der Waals surface area contributed by atoms with Crippen molar-refractivity contribution < 1.29 is 13.6 Å². The molecule has 1 aliphatic heterocycles. The summed E-state index contributed by atoms with van der Waals surface area (Å²) in [6.45, 7) is 6.82. The Balaban J connectivity index is 1.34. The number of rotatable bonds is 8. The highest BCUT2D eigenvalue weighted by Crippen LogP contribution is 2.37. The third kappa shape index (κ3) is 5.22. The first kappa shape index (κ1) is 26.1. The van der Waals surface area contributed by atoms with Gasteiger partial charge in [0.2, 0.25) is 5.82 Å². The minimum Gasteiger partial charge on any atom is -0.349 e. The third-order valence-electron chi connectivity index (χ3n) is 7.06. The van der Waals surface area contributed by atoms with Crippen molar-refractivity contribution in [3.8, 4) is 0 Å². The summed E-state index contributed by atoms with van der Waals surface area (Å²) in [4.78, 5) is 27.1. The topological polar surface area (TPSA) is 91.8 Å².